The first-order valence-electron chi connectivity index (χ1n) is 4.33. The van der Waals surface area contributed by atoms with E-state index in [2.05, 4.69) is 66.8 Å². The highest BCUT2D eigenvalue weighted by atomic mass is 79.9. The number of alkyl halides is 1. The molecule has 6 heteroatoms. The summed E-state index contributed by atoms with van der Waals surface area (Å²) in [6.07, 6.45) is 0. The summed E-state index contributed by atoms with van der Waals surface area (Å²) in [6, 6.07) is 4.26. The van der Waals surface area contributed by atoms with Gasteiger partial charge in [-0.3, -0.25) is 0 Å². The number of hydrogen-bond donors (Lipinski definition) is 0. The molecular formula is C10H6Br3ClS2. The normalized spacial score (nSPS) is 13.1. The van der Waals surface area contributed by atoms with Crippen LogP contribution in [0.3, 0.4) is 0 Å². The topological polar surface area (TPSA) is 0 Å². The van der Waals surface area contributed by atoms with Crippen molar-refractivity contribution in [1.29, 1.82) is 0 Å². The van der Waals surface area contributed by atoms with Crippen molar-refractivity contribution in [3.63, 3.8) is 0 Å². The number of rotatable bonds is 2. The molecule has 2 heterocycles. The summed E-state index contributed by atoms with van der Waals surface area (Å²) in [5.74, 6) is 0. The Bertz CT molecular complexity index is 433. The lowest BCUT2D eigenvalue weighted by molar-refractivity contribution is 1.28. The Morgan fingerprint density at radius 3 is 2.25 bits per heavy atom. The fraction of sp³-hybridized carbons (Fsp3) is 0.200. The van der Waals surface area contributed by atoms with E-state index in [0.717, 1.165) is 8.81 Å². The Kier molecular flexibility index (Phi) is 4.58. The van der Waals surface area contributed by atoms with Gasteiger partial charge in [0.1, 0.15) is 4.34 Å². The molecule has 0 radical (unpaired) electrons. The lowest BCUT2D eigenvalue weighted by Gasteiger charge is -2.03. The molecule has 0 aliphatic rings. The summed E-state index contributed by atoms with van der Waals surface area (Å²) < 4.78 is 2.95. The van der Waals surface area contributed by atoms with Crippen molar-refractivity contribution in [2.45, 2.75) is 11.8 Å². The van der Waals surface area contributed by atoms with Crippen LogP contribution >= 0.6 is 82.1 Å². The minimum Gasteiger partial charge on any atom is -0.131 e. The van der Waals surface area contributed by atoms with Crippen molar-refractivity contribution in [3.8, 4) is 0 Å². The molecular weight excluding hydrogens is 459 g/mol. The van der Waals surface area contributed by atoms with Crippen LogP contribution in [0.1, 0.15) is 20.1 Å². The van der Waals surface area contributed by atoms with Gasteiger partial charge in [-0.25, -0.2) is 0 Å². The molecule has 16 heavy (non-hydrogen) atoms. The molecule has 0 bridgehead atoms. The smallest absolute Gasteiger partial charge is 0.107 e. The van der Waals surface area contributed by atoms with E-state index in [1.165, 1.54) is 19.1 Å². The summed E-state index contributed by atoms with van der Waals surface area (Å²) in [5.41, 5.74) is 1.27. The van der Waals surface area contributed by atoms with Gasteiger partial charge in [0.05, 0.1) is 8.61 Å². The van der Waals surface area contributed by atoms with E-state index in [1.807, 2.05) is 0 Å². The predicted octanol–water partition coefficient (Wildman–Crippen LogP) is 6.78. The van der Waals surface area contributed by atoms with E-state index >= 15 is 0 Å². The summed E-state index contributed by atoms with van der Waals surface area (Å²) in [7, 11) is 0. The molecule has 0 saturated carbocycles. The van der Waals surface area contributed by atoms with Gasteiger partial charge in [-0.05, 0) is 56.5 Å². The first kappa shape index (κ1) is 13.6. The molecule has 0 saturated heterocycles. The summed E-state index contributed by atoms with van der Waals surface area (Å²) in [4.78, 5) is 2.72. The molecule has 0 fully saturated rings. The lowest BCUT2D eigenvalue weighted by atomic mass is 10.2. The van der Waals surface area contributed by atoms with Crippen LogP contribution in [0, 0.1) is 6.92 Å². The molecule has 2 aromatic heterocycles. The third kappa shape index (κ3) is 2.75. The largest absolute Gasteiger partial charge is 0.131 e. The molecule has 0 aliphatic heterocycles. The highest BCUT2D eigenvalue weighted by molar-refractivity contribution is 9.11. The van der Waals surface area contributed by atoms with Crippen molar-refractivity contribution < 1.29 is 0 Å². The summed E-state index contributed by atoms with van der Waals surface area (Å²) in [5, 5.41) is 0. The zero-order valence-corrected chi connectivity index (χ0v) is 15.2. The maximum absolute atomic E-state index is 6.04. The van der Waals surface area contributed by atoms with E-state index in [4.69, 9.17) is 11.6 Å². The number of halogens is 4. The van der Waals surface area contributed by atoms with Crippen LogP contribution in [0.15, 0.2) is 20.4 Å². The van der Waals surface area contributed by atoms with Crippen molar-refractivity contribution in [2.24, 2.45) is 0 Å². The van der Waals surface area contributed by atoms with Crippen LogP contribution in [0.2, 0.25) is 4.34 Å². The average molecular weight is 465 g/mol. The average Bonchev–Trinajstić information content (AvgIpc) is 2.72. The second-order valence-corrected chi connectivity index (χ2v) is 9.10. The zero-order chi connectivity index (χ0) is 11.9. The first-order valence-corrected chi connectivity index (χ1v) is 8.85. The Balaban J connectivity index is 2.34. The van der Waals surface area contributed by atoms with Crippen LogP contribution in [0.25, 0.3) is 0 Å². The van der Waals surface area contributed by atoms with E-state index < -0.39 is 0 Å². The maximum Gasteiger partial charge on any atom is 0.107 e. The Labute approximate surface area is 132 Å². The number of thiophene rings is 2. The minimum absolute atomic E-state index is 0.219. The maximum atomic E-state index is 6.04. The van der Waals surface area contributed by atoms with Crippen LogP contribution in [-0.2, 0) is 0 Å². The Morgan fingerprint density at radius 2 is 1.81 bits per heavy atom. The molecule has 0 aliphatic carbocycles. The van der Waals surface area contributed by atoms with Gasteiger partial charge in [0, 0.05) is 14.2 Å². The second-order valence-electron chi connectivity index (χ2n) is 3.24. The molecule has 1 atom stereocenters. The van der Waals surface area contributed by atoms with Crippen molar-refractivity contribution in [2.75, 3.05) is 0 Å². The van der Waals surface area contributed by atoms with Gasteiger partial charge in [0.15, 0.2) is 0 Å². The van der Waals surface area contributed by atoms with E-state index in [9.17, 15) is 0 Å². The SMILES string of the molecule is Cc1cc(C(Br)c2cc(Br)c(Cl)s2)sc1Br. The zero-order valence-electron chi connectivity index (χ0n) is 8.06. The Morgan fingerprint density at radius 1 is 1.19 bits per heavy atom. The van der Waals surface area contributed by atoms with Gasteiger partial charge in [0.25, 0.3) is 0 Å². The highest BCUT2D eigenvalue weighted by Gasteiger charge is 2.17. The van der Waals surface area contributed by atoms with E-state index in [0.29, 0.717) is 0 Å². The van der Waals surface area contributed by atoms with Crippen molar-refractivity contribution >= 4 is 82.1 Å². The van der Waals surface area contributed by atoms with Gasteiger partial charge >= 0.3 is 0 Å². The van der Waals surface area contributed by atoms with E-state index in [-0.39, 0.29) is 4.83 Å². The van der Waals surface area contributed by atoms with Gasteiger partial charge in [-0.15, -0.1) is 22.7 Å². The molecule has 1 unspecified atom stereocenters. The van der Waals surface area contributed by atoms with Gasteiger partial charge in [-0.1, -0.05) is 27.5 Å². The summed E-state index contributed by atoms with van der Waals surface area (Å²) in [6.45, 7) is 2.10. The van der Waals surface area contributed by atoms with Crippen LogP contribution in [0.5, 0.6) is 0 Å². The molecule has 0 amide bonds. The quantitative estimate of drug-likeness (QED) is 0.429. The number of hydrogen-bond acceptors (Lipinski definition) is 2. The van der Waals surface area contributed by atoms with Gasteiger partial charge < -0.3 is 0 Å². The van der Waals surface area contributed by atoms with Gasteiger partial charge in [0.2, 0.25) is 0 Å². The van der Waals surface area contributed by atoms with Crippen LogP contribution < -0.4 is 0 Å². The molecule has 0 nitrogen and oxygen atoms in total. The van der Waals surface area contributed by atoms with Crippen molar-refractivity contribution in [1.82, 2.24) is 0 Å². The predicted molar refractivity (Wildman–Crippen MR) is 84.6 cm³/mol. The van der Waals surface area contributed by atoms with Crippen LogP contribution in [-0.4, -0.2) is 0 Å². The number of aryl methyl sites for hydroxylation is 1. The fourth-order valence-electron chi connectivity index (χ4n) is 1.24. The molecule has 0 aromatic carbocycles. The lowest BCUT2D eigenvalue weighted by Crippen LogP contribution is -1.83. The molecule has 86 valence electrons. The second kappa shape index (κ2) is 5.41. The standard InChI is InChI=1S/C10H6Br3ClS2/c1-4-2-6(15-9(4)13)8(12)7-3-5(11)10(14)16-7/h2-3,8H,1H3. The van der Waals surface area contributed by atoms with Crippen molar-refractivity contribution in [3.05, 3.63) is 40.0 Å². The monoisotopic (exact) mass is 462 g/mol. The van der Waals surface area contributed by atoms with Crippen LogP contribution in [0.4, 0.5) is 0 Å². The Hall–Kier alpha value is 1.13. The van der Waals surface area contributed by atoms with Gasteiger partial charge in [-0.2, -0.15) is 0 Å². The minimum atomic E-state index is 0.219. The molecule has 2 rings (SSSR count). The summed E-state index contributed by atoms with van der Waals surface area (Å²) >= 11 is 20.1. The molecule has 0 spiro atoms. The highest BCUT2D eigenvalue weighted by Crippen LogP contribution is 2.44. The fourth-order valence-corrected chi connectivity index (χ4v) is 5.44. The van der Waals surface area contributed by atoms with E-state index in [1.54, 1.807) is 22.7 Å². The first-order chi connectivity index (χ1) is 7.49. The third-order valence-electron chi connectivity index (χ3n) is 2.04. The third-order valence-corrected chi connectivity index (χ3v) is 8.37. The molecule has 2 aromatic rings. The molecule has 0 N–H and O–H groups in total.